The number of rotatable bonds is 13. The van der Waals surface area contributed by atoms with Crippen LogP contribution in [-0.2, 0) is 0 Å². The van der Waals surface area contributed by atoms with Gasteiger partial charge in [0.15, 0.2) is 0 Å². The molecule has 0 aliphatic heterocycles. The first-order chi connectivity index (χ1) is 9.76. The van der Waals surface area contributed by atoms with E-state index in [1.807, 2.05) is 6.08 Å². The molecule has 0 amide bonds. The third-order valence-electron chi connectivity index (χ3n) is 4.66. The van der Waals surface area contributed by atoms with Crippen LogP contribution in [0.3, 0.4) is 0 Å². The van der Waals surface area contributed by atoms with Crippen molar-refractivity contribution in [2.24, 2.45) is 17.8 Å². The number of hydrogen-bond acceptors (Lipinski definition) is 0. The summed E-state index contributed by atoms with van der Waals surface area (Å²) in [5.41, 5.74) is 0. The van der Waals surface area contributed by atoms with Gasteiger partial charge in [-0.15, -0.1) is 18.2 Å². The second-order valence-electron chi connectivity index (χ2n) is 7.84. The van der Waals surface area contributed by atoms with E-state index in [-0.39, 0.29) is 4.87 Å². The maximum Gasteiger partial charge on any atom is 0.0595 e. The van der Waals surface area contributed by atoms with E-state index in [0.29, 0.717) is 0 Å². The van der Waals surface area contributed by atoms with Crippen molar-refractivity contribution in [2.75, 3.05) is 0 Å². The summed E-state index contributed by atoms with van der Waals surface area (Å²) in [5.74, 6) is 2.61. The fourth-order valence-electron chi connectivity index (χ4n) is 2.88. The van der Waals surface area contributed by atoms with Crippen LogP contribution in [0.1, 0.15) is 92.4 Å². The molecule has 0 aromatic rings. The molecule has 0 bridgehead atoms. The van der Waals surface area contributed by atoms with E-state index in [1.165, 1.54) is 51.4 Å². The zero-order chi connectivity index (χ0) is 16.3. The van der Waals surface area contributed by atoms with Gasteiger partial charge in [0.2, 0.25) is 0 Å². The number of hydrogen-bond donors (Lipinski definition) is 0. The summed E-state index contributed by atoms with van der Waals surface area (Å²) < 4.78 is 0. The van der Waals surface area contributed by atoms with Crippen LogP contribution in [0.15, 0.2) is 12.7 Å². The zero-order valence-electron chi connectivity index (χ0n) is 15.3. The molecule has 0 nitrogen and oxygen atoms in total. The van der Waals surface area contributed by atoms with Gasteiger partial charge in [0.05, 0.1) is 4.87 Å². The van der Waals surface area contributed by atoms with Crippen LogP contribution in [0.2, 0.25) is 0 Å². The van der Waals surface area contributed by atoms with Crippen LogP contribution < -0.4 is 0 Å². The smallest absolute Gasteiger partial charge is 0.0595 e. The van der Waals surface area contributed by atoms with Gasteiger partial charge in [-0.05, 0) is 31.1 Å². The fourth-order valence-corrected chi connectivity index (χ4v) is 3.01. The molecule has 3 unspecified atom stereocenters. The summed E-state index contributed by atoms with van der Waals surface area (Å²) in [6, 6.07) is 0. The SMILES string of the molecule is C=CC(C)(Cl)CCCC(C)CCCC(C)CCCC(C)C. The van der Waals surface area contributed by atoms with Crippen LogP contribution >= 0.6 is 11.6 Å². The quantitative estimate of drug-likeness (QED) is 0.242. The van der Waals surface area contributed by atoms with E-state index in [2.05, 4.69) is 41.2 Å². The van der Waals surface area contributed by atoms with E-state index < -0.39 is 0 Å². The van der Waals surface area contributed by atoms with Gasteiger partial charge in [-0.1, -0.05) is 85.1 Å². The Kier molecular flexibility index (Phi) is 11.6. The maximum atomic E-state index is 6.30. The molecule has 0 radical (unpaired) electrons. The summed E-state index contributed by atoms with van der Waals surface area (Å²) in [6.07, 6.45) is 13.8. The molecule has 1 heteroatoms. The van der Waals surface area contributed by atoms with Crippen molar-refractivity contribution in [3.8, 4) is 0 Å². The van der Waals surface area contributed by atoms with E-state index in [1.54, 1.807) is 0 Å². The zero-order valence-corrected chi connectivity index (χ0v) is 16.0. The number of halogens is 1. The average Bonchev–Trinajstić information content (AvgIpc) is 2.38. The third kappa shape index (κ3) is 13.4. The highest BCUT2D eigenvalue weighted by Crippen LogP contribution is 2.26. The molecule has 0 aromatic heterocycles. The topological polar surface area (TPSA) is 0 Å². The Bertz CT molecular complexity index is 255. The van der Waals surface area contributed by atoms with Gasteiger partial charge in [0, 0.05) is 0 Å². The molecule has 3 atom stereocenters. The average molecular weight is 315 g/mol. The maximum absolute atomic E-state index is 6.30. The molecule has 0 aromatic carbocycles. The molecular weight excluding hydrogens is 276 g/mol. The minimum absolute atomic E-state index is 0.204. The summed E-state index contributed by atoms with van der Waals surface area (Å²) in [5, 5.41) is 0. The second-order valence-corrected chi connectivity index (χ2v) is 8.70. The largest absolute Gasteiger partial charge is 0.115 e. The van der Waals surface area contributed by atoms with Crippen molar-refractivity contribution in [1.82, 2.24) is 0 Å². The molecule has 0 aliphatic carbocycles. The fraction of sp³-hybridized carbons (Fsp3) is 0.900. The molecule has 126 valence electrons. The lowest BCUT2D eigenvalue weighted by Crippen LogP contribution is -2.12. The first-order valence-electron chi connectivity index (χ1n) is 9.09. The summed E-state index contributed by atoms with van der Waals surface area (Å²) in [6.45, 7) is 15.3. The monoisotopic (exact) mass is 314 g/mol. The van der Waals surface area contributed by atoms with Crippen molar-refractivity contribution in [3.63, 3.8) is 0 Å². The molecule has 0 saturated heterocycles. The molecule has 0 heterocycles. The van der Waals surface area contributed by atoms with E-state index in [9.17, 15) is 0 Å². The number of alkyl halides is 1. The Morgan fingerprint density at radius 1 is 0.857 bits per heavy atom. The normalized spacial score (nSPS) is 17.5. The predicted molar refractivity (Wildman–Crippen MR) is 99.2 cm³/mol. The Morgan fingerprint density at radius 3 is 1.71 bits per heavy atom. The van der Waals surface area contributed by atoms with Gasteiger partial charge in [-0.3, -0.25) is 0 Å². The first kappa shape index (κ1) is 21.0. The van der Waals surface area contributed by atoms with Crippen molar-refractivity contribution < 1.29 is 0 Å². The van der Waals surface area contributed by atoms with Gasteiger partial charge in [0.25, 0.3) is 0 Å². The molecule has 21 heavy (non-hydrogen) atoms. The van der Waals surface area contributed by atoms with E-state index >= 15 is 0 Å². The Morgan fingerprint density at radius 2 is 1.29 bits per heavy atom. The van der Waals surface area contributed by atoms with Crippen LogP contribution in [0.25, 0.3) is 0 Å². The van der Waals surface area contributed by atoms with Gasteiger partial charge in [0.1, 0.15) is 0 Å². The Hall–Kier alpha value is 0.0300. The third-order valence-corrected chi connectivity index (χ3v) is 5.00. The first-order valence-corrected chi connectivity index (χ1v) is 9.47. The number of allylic oxidation sites excluding steroid dienone is 1. The highest BCUT2D eigenvalue weighted by molar-refractivity contribution is 6.24. The highest BCUT2D eigenvalue weighted by atomic mass is 35.5. The molecule has 0 rings (SSSR count). The van der Waals surface area contributed by atoms with Gasteiger partial charge in [-0.25, -0.2) is 0 Å². The van der Waals surface area contributed by atoms with Gasteiger partial charge < -0.3 is 0 Å². The Balaban J connectivity index is 3.56. The van der Waals surface area contributed by atoms with Crippen LogP contribution in [0, 0.1) is 17.8 Å². The Labute approximate surface area is 139 Å². The molecule has 0 spiro atoms. The lowest BCUT2D eigenvalue weighted by atomic mass is 9.91. The lowest BCUT2D eigenvalue weighted by molar-refractivity contribution is 0.385. The molecule has 0 N–H and O–H groups in total. The summed E-state index contributed by atoms with van der Waals surface area (Å²) >= 11 is 6.30. The summed E-state index contributed by atoms with van der Waals surface area (Å²) in [4.78, 5) is -0.204. The van der Waals surface area contributed by atoms with Crippen LogP contribution in [0.5, 0.6) is 0 Å². The molecule has 0 fully saturated rings. The summed E-state index contributed by atoms with van der Waals surface area (Å²) in [7, 11) is 0. The molecular formula is C20H39Cl. The van der Waals surface area contributed by atoms with Crippen molar-refractivity contribution in [1.29, 1.82) is 0 Å². The van der Waals surface area contributed by atoms with Gasteiger partial charge >= 0.3 is 0 Å². The van der Waals surface area contributed by atoms with E-state index in [4.69, 9.17) is 11.6 Å². The molecule has 0 saturated carbocycles. The minimum atomic E-state index is -0.204. The van der Waals surface area contributed by atoms with Crippen LogP contribution in [0.4, 0.5) is 0 Å². The van der Waals surface area contributed by atoms with E-state index in [0.717, 1.165) is 24.2 Å². The highest BCUT2D eigenvalue weighted by Gasteiger charge is 2.15. The standard InChI is InChI=1S/C20H39Cl/c1-7-20(6,21)16-10-15-19(5)14-9-13-18(4)12-8-11-17(2)3/h7,17-19H,1,8-16H2,2-6H3. The minimum Gasteiger partial charge on any atom is -0.115 e. The van der Waals surface area contributed by atoms with Crippen LogP contribution in [-0.4, -0.2) is 4.87 Å². The van der Waals surface area contributed by atoms with Crippen molar-refractivity contribution in [2.45, 2.75) is 97.3 Å². The lowest BCUT2D eigenvalue weighted by Gasteiger charge is -2.19. The predicted octanol–water partition coefficient (Wildman–Crippen LogP) is 7.61. The second kappa shape index (κ2) is 11.6. The van der Waals surface area contributed by atoms with Crippen molar-refractivity contribution >= 4 is 11.6 Å². The van der Waals surface area contributed by atoms with Crippen molar-refractivity contribution in [3.05, 3.63) is 12.7 Å². The molecule has 0 aliphatic rings. The van der Waals surface area contributed by atoms with Gasteiger partial charge in [-0.2, -0.15) is 0 Å².